The third kappa shape index (κ3) is 6.93. The second kappa shape index (κ2) is 11.2. The lowest BCUT2D eigenvalue weighted by Crippen LogP contribution is -2.36. The number of alkyl halides is 3. The molecule has 37 heavy (non-hydrogen) atoms. The molecule has 0 atom stereocenters. The molecule has 0 aliphatic carbocycles. The van der Waals surface area contributed by atoms with Crippen LogP contribution in [0.5, 0.6) is 0 Å². The second-order valence-corrected chi connectivity index (χ2v) is 8.84. The van der Waals surface area contributed by atoms with Gasteiger partial charge in [-0.3, -0.25) is 0 Å². The van der Waals surface area contributed by atoms with Crippen LogP contribution in [0.2, 0.25) is 0 Å². The standard InChI is InChI=1S/C26H26F3N7O/c1-35-12-9-18(10-13-35)33-23-5-2-6-24-22(23)14-21(36(24)17-26(27,28)29)4-3-11-31-25(37)34-20-8-7-19(15-30)32-16-20/h2,5-8,14,16,18,33H,9-13,17H2,1H3,(H2,31,34,37). The summed E-state index contributed by atoms with van der Waals surface area (Å²) in [5.41, 5.74) is 2.04. The Balaban J connectivity index is 1.49. The van der Waals surface area contributed by atoms with E-state index in [4.69, 9.17) is 5.26 Å². The Kier molecular flexibility index (Phi) is 7.85. The van der Waals surface area contributed by atoms with Crippen LogP contribution in [0.15, 0.2) is 42.6 Å². The van der Waals surface area contributed by atoms with E-state index in [1.165, 1.54) is 18.3 Å². The number of carbonyl (C=O) groups excluding carboxylic acids is 1. The molecule has 192 valence electrons. The highest BCUT2D eigenvalue weighted by atomic mass is 19.4. The number of fused-ring (bicyclic) bond motifs is 1. The summed E-state index contributed by atoms with van der Waals surface area (Å²) >= 11 is 0. The van der Waals surface area contributed by atoms with Crippen molar-refractivity contribution in [1.29, 1.82) is 5.26 Å². The number of nitriles is 1. The van der Waals surface area contributed by atoms with Crippen LogP contribution in [-0.4, -0.2) is 59.4 Å². The van der Waals surface area contributed by atoms with E-state index < -0.39 is 18.8 Å². The maximum Gasteiger partial charge on any atom is 0.406 e. The van der Waals surface area contributed by atoms with Crippen LogP contribution >= 0.6 is 0 Å². The molecule has 2 aromatic heterocycles. The summed E-state index contributed by atoms with van der Waals surface area (Å²) in [6, 6.07) is 11.5. The fourth-order valence-electron chi connectivity index (χ4n) is 4.20. The number of piperidine rings is 1. The number of hydrogen-bond acceptors (Lipinski definition) is 5. The minimum atomic E-state index is -4.42. The lowest BCUT2D eigenvalue weighted by atomic mass is 10.0. The Morgan fingerprint density at radius 3 is 2.68 bits per heavy atom. The number of rotatable bonds is 5. The Hall–Kier alpha value is -4.22. The van der Waals surface area contributed by atoms with Crippen molar-refractivity contribution in [3.05, 3.63) is 54.0 Å². The number of benzene rings is 1. The number of halogens is 3. The summed E-state index contributed by atoms with van der Waals surface area (Å²) in [4.78, 5) is 18.2. The van der Waals surface area contributed by atoms with Gasteiger partial charge in [0.15, 0.2) is 0 Å². The van der Waals surface area contributed by atoms with Gasteiger partial charge in [0.2, 0.25) is 0 Å². The quantitative estimate of drug-likeness (QED) is 0.449. The van der Waals surface area contributed by atoms with Crippen molar-refractivity contribution >= 4 is 28.3 Å². The first kappa shape index (κ1) is 25.9. The zero-order valence-electron chi connectivity index (χ0n) is 20.2. The van der Waals surface area contributed by atoms with Gasteiger partial charge in [0.05, 0.1) is 29.6 Å². The molecule has 11 heteroatoms. The molecule has 1 aliphatic heterocycles. The van der Waals surface area contributed by atoms with Gasteiger partial charge in [-0.1, -0.05) is 12.0 Å². The van der Waals surface area contributed by atoms with Crippen LogP contribution < -0.4 is 16.0 Å². The number of urea groups is 1. The van der Waals surface area contributed by atoms with Gasteiger partial charge in [-0.15, -0.1) is 0 Å². The van der Waals surface area contributed by atoms with E-state index in [1.54, 1.807) is 18.2 Å². The molecule has 0 unspecified atom stereocenters. The molecule has 3 heterocycles. The molecule has 8 nitrogen and oxygen atoms in total. The van der Waals surface area contributed by atoms with Crippen LogP contribution in [0.3, 0.4) is 0 Å². The van der Waals surface area contributed by atoms with Gasteiger partial charge in [0.1, 0.15) is 18.3 Å². The van der Waals surface area contributed by atoms with E-state index in [9.17, 15) is 18.0 Å². The van der Waals surface area contributed by atoms with Crippen molar-refractivity contribution in [2.24, 2.45) is 0 Å². The average molecular weight is 510 g/mol. The van der Waals surface area contributed by atoms with Gasteiger partial charge < -0.3 is 25.4 Å². The third-order valence-electron chi connectivity index (χ3n) is 6.05. The smallest absolute Gasteiger partial charge is 0.382 e. The number of nitrogens with zero attached hydrogens (tertiary/aromatic N) is 4. The lowest BCUT2D eigenvalue weighted by Gasteiger charge is -2.30. The number of pyridine rings is 1. The second-order valence-electron chi connectivity index (χ2n) is 8.84. The summed E-state index contributed by atoms with van der Waals surface area (Å²) in [5, 5.41) is 18.0. The Morgan fingerprint density at radius 1 is 1.22 bits per heavy atom. The number of likely N-dealkylation sites (tertiary alicyclic amines) is 1. The molecule has 4 rings (SSSR count). The van der Waals surface area contributed by atoms with Crippen LogP contribution in [0, 0.1) is 23.2 Å². The van der Waals surface area contributed by atoms with Crippen molar-refractivity contribution in [3.8, 4) is 17.9 Å². The van der Waals surface area contributed by atoms with Crippen LogP contribution in [0.4, 0.5) is 29.3 Å². The molecule has 1 saturated heterocycles. The predicted molar refractivity (Wildman–Crippen MR) is 135 cm³/mol. The zero-order chi connectivity index (χ0) is 26.4. The first-order valence-electron chi connectivity index (χ1n) is 11.8. The van der Waals surface area contributed by atoms with Crippen molar-refractivity contribution < 1.29 is 18.0 Å². The number of amides is 2. The number of hydrogen-bond donors (Lipinski definition) is 3. The fraction of sp³-hybridized carbons (Fsp3) is 0.346. The van der Waals surface area contributed by atoms with E-state index in [1.807, 2.05) is 12.1 Å². The Labute approximate surface area is 212 Å². The molecule has 2 amide bonds. The molecule has 0 spiro atoms. The van der Waals surface area contributed by atoms with Crippen LogP contribution in [0.1, 0.15) is 24.2 Å². The lowest BCUT2D eigenvalue weighted by molar-refractivity contribution is -0.140. The molecule has 0 saturated carbocycles. The van der Waals surface area contributed by atoms with Gasteiger partial charge in [-0.25, -0.2) is 9.78 Å². The number of anilines is 2. The maximum atomic E-state index is 13.4. The van der Waals surface area contributed by atoms with Crippen molar-refractivity contribution in [1.82, 2.24) is 19.8 Å². The third-order valence-corrected chi connectivity index (χ3v) is 6.05. The van der Waals surface area contributed by atoms with Gasteiger partial charge in [-0.05, 0) is 69.2 Å². The highest BCUT2D eigenvalue weighted by Gasteiger charge is 2.30. The molecule has 3 N–H and O–H groups in total. The number of nitrogens with one attached hydrogen (secondary N) is 3. The van der Waals surface area contributed by atoms with Crippen LogP contribution in [0.25, 0.3) is 10.9 Å². The molecule has 0 radical (unpaired) electrons. The molecule has 1 aliphatic rings. The topological polar surface area (TPSA) is 98.0 Å². The van der Waals surface area contributed by atoms with E-state index in [2.05, 4.69) is 44.7 Å². The number of carbonyl (C=O) groups is 1. The van der Waals surface area contributed by atoms with E-state index in [-0.39, 0.29) is 24.0 Å². The normalized spacial score (nSPS) is 14.5. The fourth-order valence-corrected chi connectivity index (χ4v) is 4.20. The van der Waals surface area contributed by atoms with Gasteiger partial charge >= 0.3 is 12.2 Å². The first-order chi connectivity index (χ1) is 17.7. The monoisotopic (exact) mass is 509 g/mol. The SMILES string of the molecule is CN1CCC(Nc2cccc3c2cc(C#CCNC(=O)Nc2ccc(C#N)nc2)n3CC(F)(F)F)CC1. The Morgan fingerprint density at radius 2 is 2.00 bits per heavy atom. The Bertz CT molecular complexity index is 1360. The first-order valence-corrected chi connectivity index (χ1v) is 11.8. The minimum absolute atomic E-state index is 0.0796. The van der Waals surface area contributed by atoms with Crippen molar-refractivity contribution in [2.45, 2.75) is 31.6 Å². The summed E-state index contributed by atoms with van der Waals surface area (Å²) in [5.74, 6) is 5.52. The molecule has 3 aromatic rings. The van der Waals surface area contributed by atoms with Crippen LogP contribution in [-0.2, 0) is 6.54 Å². The largest absolute Gasteiger partial charge is 0.406 e. The highest BCUT2D eigenvalue weighted by Crippen LogP contribution is 2.31. The average Bonchev–Trinajstić information content (AvgIpc) is 3.20. The summed E-state index contributed by atoms with van der Waals surface area (Å²) < 4.78 is 41.4. The summed E-state index contributed by atoms with van der Waals surface area (Å²) in [7, 11) is 2.07. The van der Waals surface area contributed by atoms with E-state index in [0.717, 1.165) is 36.2 Å². The maximum absolute atomic E-state index is 13.4. The highest BCUT2D eigenvalue weighted by molar-refractivity contribution is 5.94. The molecular weight excluding hydrogens is 483 g/mol. The summed E-state index contributed by atoms with van der Waals surface area (Å²) in [6.45, 7) is 0.672. The van der Waals surface area contributed by atoms with Gasteiger partial charge in [0, 0.05) is 17.1 Å². The minimum Gasteiger partial charge on any atom is -0.382 e. The predicted octanol–water partition coefficient (Wildman–Crippen LogP) is 4.15. The van der Waals surface area contributed by atoms with Crippen molar-refractivity contribution in [3.63, 3.8) is 0 Å². The van der Waals surface area contributed by atoms with E-state index >= 15 is 0 Å². The van der Waals surface area contributed by atoms with E-state index in [0.29, 0.717) is 16.6 Å². The number of aromatic nitrogens is 2. The van der Waals surface area contributed by atoms with Gasteiger partial charge in [0.25, 0.3) is 0 Å². The molecule has 1 fully saturated rings. The molecule has 1 aromatic carbocycles. The molecule has 0 bridgehead atoms. The van der Waals surface area contributed by atoms with Gasteiger partial charge in [-0.2, -0.15) is 18.4 Å². The zero-order valence-corrected chi connectivity index (χ0v) is 20.2. The van der Waals surface area contributed by atoms with Crippen molar-refractivity contribution in [2.75, 3.05) is 37.3 Å². The summed E-state index contributed by atoms with van der Waals surface area (Å²) in [6.07, 6.45) is -1.17. The molecular formula is C26H26F3N7O.